The number of aliphatic hydroxyl groups excluding tert-OH is 1. The summed E-state index contributed by atoms with van der Waals surface area (Å²) in [4.78, 5) is 28.0. The molecule has 1 amide bonds. The van der Waals surface area contributed by atoms with E-state index in [9.17, 15) is 20.0 Å². The number of nitro benzene ring substituents is 1. The zero-order valence-corrected chi connectivity index (χ0v) is 11.6. The highest BCUT2D eigenvalue weighted by Crippen LogP contribution is 2.26. The zero-order valence-electron chi connectivity index (χ0n) is 10.8. The van der Waals surface area contributed by atoms with Gasteiger partial charge in [-0.15, -0.1) is 11.3 Å². The number of non-ortho nitro benzene ring substituents is 1. The molecule has 8 heteroatoms. The fourth-order valence-electron chi connectivity index (χ4n) is 2.01. The summed E-state index contributed by atoms with van der Waals surface area (Å²) in [6, 6.07) is 6.03. The fourth-order valence-corrected chi connectivity index (χ4v) is 2.81. The van der Waals surface area contributed by atoms with Gasteiger partial charge in [-0.3, -0.25) is 14.9 Å². The molecule has 0 saturated carbocycles. The van der Waals surface area contributed by atoms with Crippen molar-refractivity contribution >= 4 is 22.9 Å². The maximum atomic E-state index is 12.0. The molecule has 2 heterocycles. The number of nitro groups is 1. The van der Waals surface area contributed by atoms with Crippen molar-refractivity contribution in [2.75, 3.05) is 13.1 Å². The number of aromatic nitrogens is 1. The van der Waals surface area contributed by atoms with Crippen LogP contribution in [-0.4, -0.2) is 45.0 Å². The second-order valence-corrected chi connectivity index (χ2v) is 5.56. The highest BCUT2D eigenvalue weighted by atomic mass is 32.1. The lowest BCUT2D eigenvalue weighted by molar-refractivity contribution is -0.384. The Morgan fingerprint density at radius 1 is 1.38 bits per heavy atom. The molecule has 1 saturated heterocycles. The van der Waals surface area contributed by atoms with Crippen LogP contribution in [0.2, 0.25) is 0 Å². The van der Waals surface area contributed by atoms with Gasteiger partial charge in [0.25, 0.3) is 11.6 Å². The van der Waals surface area contributed by atoms with E-state index >= 15 is 0 Å². The Hall–Kier alpha value is -2.32. The van der Waals surface area contributed by atoms with E-state index in [-0.39, 0.29) is 11.6 Å². The summed E-state index contributed by atoms with van der Waals surface area (Å²) in [7, 11) is 0. The standard InChI is InChI=1S/C13H11N3O4S/c17-10-5-15(6-10)13(18)11-7-21-12(14-11)8-1-3-9(4-2-8)16(19)20/h1-4,7,10,17H,5-6H2. The summed E-state index contributed by atoms with van der Waals surface area (Å²) in [5.74, 6) is -0.204. The van der Waals surface area contributed by atoms with Crippen molar-refractivity contribution in [3.63, 3.8) is 0 Å². The van der Waals surface area contributed by atoms with Gasteiger partial charge in [-0.05, 0) is 12.1 Å². The number of amides is 1. The Labute approximate surface area is 123 Å². The predicted molar refractivity (Wildman–Crippen MR) is 76.1 cm³/mol. The largest absolute Gasteiger partial charge is 0.389 e. The van der Waals surface area contributed by atoms with E-state index < -0.39 is 11.0 Å². The van der Waals surface area contributed by atoms with Crippen LogP contribution in [0.1, 0.15) is 10.5 Å². The van der Waals surface area contributed by atoms with Gasteiger partial charge in [0, 0.05) is 36.2 Å². The van der Waals surface area contributed by atoms with E-state index in [2.05, 4.69) is 4.98 Å². The van der Waals surface area contributed by atoms with Crippen LogP contribution in [0, 0.1) is 10.1 Å². The third kappa shape index (κ3) is 2.63. The van der Waals surface area contributed by atoms with Crippen molar-refractivity contribution in [1.82, 2.24) is 9.88 Å². The quantitative estimate of drug-likeness (QED) is 0.685. The fraction of sp³-hybridized carbons (Fsp3) is 0.231. The second-order valence-electron chi connectivity index (χ2n) is 4.71. The van der Waals surface area contributed by atoms with Gasteiger partial charge in [-0.1, -0.05) is 0 Å². The average Bonchev–Trinajstić information content (AvgIpc) is 2.93. The lowest BCUT2D eigenvalue weighted by atomic mass is 10.1. The predicted octanol–water partition coefficient (Wildman–Crippen LogP) is 1.53. The topological polar surface area (TPSA) is 96.6 Å². The Kier molecular flexibility index (Phi) is 3.40. The van der Waals surface area contributed by atoms with Gasteiger partial charge in [-0.25, -0.2) is 4.98 Å². The SMILES string of the molecule is O=C(c1csc(-c2ccc([N+](=O)[O-])cc2)n1)N1CC(O)C1. The van der Waals surface area contributed by atoms with Gasteiger partial charge in [-0.2, -0.15) is 0 Å². The van der Waals surface area contributed by atoms with Crippen LogP contribution in [-0.2, 0) is 0 Å². The minimum absolute atomic E-state index is 0.0150. The smallest absolute Gasteiger partial charge is 0.273 e. The molecular formula is C13H11N3O4S. The van der Waals surface area contributed by atoms with Crippen molar-refractivity contribution in [3.05, 3.63) is 45.5 Å². The van der Waals surface area contributed by atoms with E-state index in [1.54, 1.807) is 17.5 Å². The van der Waals surface area contributed by atoms with Crippen molar-refractivity contribution < 1.29 is 14.8 Å². The van der Waals surface area contributed by atoms with E-state index in [4.69, 9.17) is 0 Å². The minimum atomic E-state index is -0.463. The Bertz CT molecular complexity index is 692. The number of carbonyl (C=O) groups is 1. The maximum absolute atomic E-state index is 12.0. The van der Waals surface area contributed by atoms with Gasteiger partial charge >= 0.3 is 0 Å². The summed E-state index contributed by atoms with van der Waals surface area (Å²) in [5.41, 5.74) is 1.08. The Balaban J connectivity index is 1.78. The lowest BCUT2D eigenvalue weighted by Crippen LogP contribution is -2.53. The highest BCUT2D eigenvalue weighted by molar-refractivity contribution is 7.13. The number of hydrogen-bond donors (Lipinski definition) is 1. The Morgan fingerprint density at radius 2 is 2.05 bits per heavy atom. The molecule has 7 nitrogen and oxygen atoms in total. The number of carbonyl (C=O) groups excluding carboxylic acids is 1. The van der Waals surface area contributed by atoms with Crippen LogP contribution < -0.4 is 0 Å². The normalized spacial score (nSPS) is 14.8. The molecule has 0 bridgehead atoms. The molecule has 0 radical (unpaired) electrons. The van der Waals surface area contributed by atoms with Crippen molar-refractivity contribution in [1.29, 1.82) is 0 Å². The van der Waals surface area contributed by atoms with Crippen LogP contribution in [0.15, 0.2) is 29.6 Å². The molecule has 21 heavy (non-hydrogen) atoms. The number of likely N-dealkylation sites (tertiary alicyclic amines) is 1. The summed E-state index contributed by atoms with van der Waals surface area (Å²) >= 11 is 1.31. The maximum Gasteiger partial charge on any atom is 0.273 e. The van der Waals surface area contributed by atoms with Gasteiger partial charge in [0.15, 0.2) is 0 Å². The van der Waals surface area contributed by atoms with Gasteiger partial charge in [0.05, 0.1) is 11.0 Å². The first kappa shape index (κ1) is 13.7. The van der Waals surface area contributed by atoms with Crippen LogP contribution in [0.5, 0.6) is 0 Å². The highest BCUT2D eigenvalue weighted by Gasteiger charge is 2.30. The van der Waals surface area contributed by atoms with Gasteiger partial charge in [0.2, 0.25) is 0 Å². The van der Waals surface area contributed by atoms with E-state index in [1.807, 2.05) is 0 Å². The molecule has 2 aromatic rings. The third-order valence-electron chi connectivity index (χ3n) is 3.20. The molecule has 1 aromatic carbocycles. The first-order valence-electron chi connectivity index (χ1n) is 6.22. The summed E-state index contributed by atoms with van der Waals surface area (Å²) in [6.07, 6.45) is -0.443. The number of hydrogen-bond acceptors (Lipinski definition) is 6. The third-order valence-corrected chi connectivity index (χ3v) is 4.09. The molecule has 3 rings (SSSR count). The average molecular weight is 305 g/mol. The first-order chi connectivity index (χ1) is 10.0. The summed E-state index contributed by atoms with van der Waals surface area (Å²) < 4.78 is 0. The number of aliphatic hydroxyl groups is 1. The van der Waals surface area contributed by atoms with Crippen LogP contribution in [0.25, 0.3) is 10.6 Å². The minimum Gasteiger partial charge on any atom is -0.389 e. The molecule has 0 aliphatic carbocycles. The van der Waals surface area contributed by atoms with Crippen LogP contribution >= 0.6 is 11.3 Å². The number of β-amino-alcohol motifs (C(OH)–C–C–N with tert-alkyl or cyclic N) is 1. The number of rotatable bonds is 3. The van der Waals surface area contributed by atoms with E-state index in [0.717, 1.165) is 5.56 Å². The molecule has 0 spiro atoms. The molecule has 108 valence electrons. The molecular weight excluding hydrogens is 294 g/mol. The van der Waals surface area contributed by atoms with Gasteiger partial charge in [0.1, 0.15) is 10.7 Å². The Morgan fingerprint density at radius 3 is 2.62 bits per heavy atom. The molecule has 1 aliphatic rings. The molecule has 1 N–H and O–H groups in total. The van der Waals surface area contributed by atoms with Crippen molar-refractivity contribution in [2.24, 2.45) is 0 Å². The zero-order chi connectivity index (χ0) is 15.0. The first-order valence-corrected chi connectivity index (χ1v) is 7.10. The number of nitrogens with zero attached hydrogens (tertiary/aromatic N) is 3. The second kappa shape index (κ2) is 5.23. The van der Waals surface area contributed by atoms with Crippen LogP contribution in [0.4, 0.5) is 5.69 Å². The molecule has 1 fully saturated rings. The molecule has 1 aliphatic heterocycles. The number of benzene rings is 1. The monoisotopic (exact) mass is 305 g/mol. The lowest BCUT2D eigenvalue weighted by Gasteiger charge is -2.35. The molecule has 0 unspecified atom stereocenters. The van der Waals surface area contributed by atoms with Crippen molar-refractivity contribution in [3.8, 4) is 10.6 Å². The molecule has 0 atom stereocenters. The summed E-state index contributed by atoms with van der Waals surface area (Å²) in [5, 5.41) is 22.1. The van der Waals surface area contributed by atoms with Crippen LogP contribution in [0.3, 0.4) is 0 Å². The number of thiazole rings is 1. The summed E-state index contributed by atoms with van der Waals surface area (Å²) in [6.45, 7) is 0.673. The van der Waals surface area contributed by atoms with Gasteiger partial charge < -0.3 is 10.0 Å². The van der Waals surface area contributed by atoms with E-state index in [1.165, 1.54) is 28.4 Å². The van der Waals surface area contributed by atoms with Crippen molar-refractivity contribution in [2.45, 2.75) is 6.10 Å². The molecule has 1 aromatic heterocycles. The van der Waals surface area contributed by atoms with E-state index in [0.29, 0.717) is 23.8 Å².